The average Bonchev–Trinajstić information content (AvgIpc) is 3.04. The Morgan fingerprint density at radius 1 is 0.870 bits per heavy atom. The van der Waals surface area contributed by atoms with Gasteiger partial charge >= 0.3 is 72.9 Å². The first-order chi connectivity index (χ1) is 24.5. The smallest absolute Gasteiger partial charge is 0.746 e. The van der Waals surface area contributed by atoms with Crippen LogP contribution in [0.4, 0.5) is 0 Å². The summed E-state index contributed by atoms with van der Waals surface area (Å²) >= 11 is 0. The summed E-state index contributed by atoms with van der Waals surface area (Å²) in [6.45, 7) is 14.0. The minimum atomic E-state index is -4.79. The zero-order valence-electron chi connectivity index (χ0n) is 35.2. The first-order valence-corrected chi connectivity index (χ1v) is 21.6. The number of ether oxygens (including phenoxy) is 1. The molecule has 1 aliphatic heterocycles. The van der Waals surface area contributed by atoms with Crippen LogP contribution < -0.4 is 78.4 Å². The molecule has 1 heterocycles. The van der Waals surface area contributed by atoms with E-state index in [-0.39, 0.29) is 77.0 Å². The zero-order valence-corrected chi connectivity index (χ0v) is 40.1. The van der Waals surface area contributed by atoms with E-state index in [0.717, 1.165) is 74.0 Å². The molecule has 13 heteroatoms. The number of aryl methyl sites for hydroxylation is 1. The van der Waals surface area contributed by atoms with Crippen LogP contribution in [0.3, 0.4) is 0 Å². The molecule has 0 saturated heterocycles. The summed E-state index contributed by atoms with van der Waals surface area (Å²) in [6, 6.07) is 4.90. The summed E-state index contributed by atoms with van der Waals surface area (Å²) in [7, 11) is -4.79. The number of aliphatic carboxylic acids is 2. The number of aliphatic imine (C=N–C) groups is 1. The fourth-order valence-corrected chi connectivity index (χ4v) is 7.12. The second-order valence-corrected chi connectivity index (χ2v) is 16.9. The topological polar surface area (TPSA) is 169 Å². The van der Waals surface area contributed by atoms with Gasteiger partial charge in [-0.3, -0.25) is 9.56 Å². The maximum absolute atomic E-state index is 10.9. The molecule has 0 spiro atoms. The molecule has 0 aromatic heterocycles. The van der Waals surface area contributed by atoms with E-state index in [0.29, 0.717) is 0 Å². The van der Waals surface area contributed by atoms with Crippen LogP contribution in [0, 0.1) is 17.8 Å². The minimum Gasteiger partial charge on any atom is -0.746 e. The molecule has 2 rings (SSSR count). The number of nitrogens with zero attached hydrogens (tertiary/aromatic N) is 1. The van der Waals surface area contributed by atoms with Crippen LogP contribution in [0.15, 0.2) is 23.2 Å². The summed E-state index contributed by atoms with van der Waals surface area (Å²) in [5, 5.41) is 19.0. The van der Waals surface area contributed by atoms with Gasteiger partial charge in [0.05, 0.1) is 5.97 Å². The molecule has 300 valence electrons. The predicted molar refractivity (Wildman–Crippen MR) is 206 cm³/mol. The fraction of sp³-hybridized carbons (Fsp3) is 0.780. The predicted octanol–water partition coefficient (Wildman–Crippen LogP) is 3.24. The Morgan fingerprint density at radius 3 is 1.89 bits per heavy atom. The second-order valence-electron chi connectivity index (χ2n) is 15.7. The molecular formula is C41H70NNa2O9P. The van der Waals surface area contributed by atoms with Gasteiger partial charge in [-0.25, -0.2) is 4.79 Å². The largest absolute Gasteiger partial charge is 1.00 e. The zero-order chi connectivity index (χ0) is 39.0. The van der Waals surface area contributed by atoms with Gasteiger partial charge < -0.3 is 34.1 Å². The standard InChI is InChI=1S/C26H45O5P.C15H27NO4.2Na/c1-20(2)9-6-10-21(3)11-7-12-22(4)13-8-17-26(5)18-16-23-19-24(31-32(27,28)29)14-15-25(23)30-26;1-2-3-4-5-6-7-8-9-10-11-12-16-13(14(17)18)15(19)20;;/h14-15,19-22H,6-13,16-18H2,1-5H3,(H2,27,28,29);2-12H2,1H3,(H,17,18)(H,19,20);;/q;;2*+1/p-2. The van der Waals surface area contributed by atoms with Gasteiger partial charge in [-0.05, 0) is 80.5 Å². The number of phosphoric acid groups is 1. The van der Waals surface area contributed by atoms with Crippen molar-refractivity contribution in [2.45, 2.75) is 182 Å². The number of carboxylic acids is 2. The van der Waals surface area contributed by atoms with Crippen molar-refractivity contribution in [1.29, 1.82) is 0 Å². The number of carboxylic acid groups (broad SMARTS) is 2. The van der Waals surface area contributed by atoms with E-state index in [1.165, 1.54) is 96.0 Å². The van der Waals surface area contributed by atoms with Crippen molar-refractivity contribution in [1.82, 2.24) is 0 Å². The third kappa shape index (κ3) is 28.1. The van der Waals surface area contributed by atoms with Crippen LogP contribution in [0.25, 0.3) is 0 Å². The van der Waals surface area contributed by atoms with E-state index >= 15 is 0 Å². The van der Waals surface area contributed by atoms with Gasteiger partial charge in [0.2, 0.25) is 0 Å². The maximum atomic E-state index is 10.9. The Morgan fingerprint density at radius 2 is 1.39 bits per heavy atom. The normalized spacial score (nSPS) is 17.3. The van der Waals surface area contributed by atoms with Crippen molar-refractivity contribution < 1.29 is 103 Å². The van der Waals surface area contributed by atoms with E-state index in [1.807, 2.05) is 0 Å². The summed E-state index contributed by atoms with van der Waals surface area (Å²) in [5.74, 6) is 0.0751. The number of carbonyl (C=O) groups is 2. The molecule has 4 unspecified atom stereocenters. The van der Waals surface area contributed by atoms with E-state index < -0.39 is 25.5 Å². The Balaban J connectivity index is 0. The van der Waals surface area contributed by atoms with Gasteiger partial charge in [0.15, 0.2) is 5.71 Å². The molecule has 0 fully saturated rings. The molecule has 54 heavy (non-hydrogen) atoms. The Labute approximate surface area is 371 Å². The Kier molecular flexibility index (Phi) is 32.5. The van der Waals surface area contributed by atoms with Gasteiger partial charge in [-0.1, -0.05) is 137 Å². The van der Waals surface area contributed by atoms with Crippen LogP contribution in [-0.4, -0.2) is 39.8 Å². The molecule has 4 atom stereocenters. The van der Waals surface area contributed by atoms with Crippen LogP contribution in [0.2, 0.25) is 0 Å². The van der Waals surface area contributed by atoms with E-state index in [4.69, 9.17) is 14.7 Å². The summed E-state index contributed by atoms with van der Waals surface area (Å²) in [6.07, 6.45) is 24.9. The fourth-order valence-electron chi connectivity index (χ4n) is 6.74. The first kappa shape index (κ1) is 55.7. The molecule has 0 aliphatic carbocycles. The van der Waals surface area contributed by atoms with Crippen molar-refractivity contribution in [2.75, 3.05) is 6.54 Å². The number of carbonyl (C=O) groups excluding carboxylic acids is 1. The summed E-state index contributed by atoms with van der Waals surface area (Å²) in [4.78, 5) is 44.3. The van der Waals surface area contributed by atoms with Crippen LogP contribution in [0.1, 0.15) is 176 Å². The summed E-state index contributed by atoms with van der Waals surface area (Å²) in [5.41, 5.74) is -0.143. The monoisotopic (exact) mass is 797 g/mol. The Bertz CT molecular complexity index is 1230. The van der Waals surface area contributed by atoms with Crippen molar-refractivity contribution in [3.8, 4) is 11.5 Å². The molecular weight excluding hydrogens is 727 g/mol. The molecule has 2 N–H and O–H groups in total. The molecule has 0 amide bonds. The van der Waals surface area contributed by atoms with Gasteiger partial charge in [0, 0.05) is 6.54 Å². The van der Waals surface area contributed by atoms with Gasteiger partial charge in [-0.2, -0.15) is 0 Å². The van der Waals surface area contributed by atoms with Crippen LogP contribution in [0.5, 0.6) is 11.5 Å². The van der Waals surface area contributed by atoms with Crippen molar-refractivity contribution in [3.63, 3.8) is 0 Å². The minimum absolute atomic E-state index is 0. The van der Waals surface area contributed by atoms with Gasteiger partial charge in [0.1, 0.15) is 17.1 Å². The molecule has 1 aromatic rings. The van der Waals surface area contributed by atoms with Crippen LogP contribution >= 0.6 is 7.82 Å². The number of fused-ring (bicyclic) bond motifs is 1. The number of hydrogen-bond donors (Lipinski definition) is 2. The SMILES string of the molecule is CC(C)CCCC(C)CCCC(C)CCCC1(C)CCc2cc(OP(=O)([O-])O)ccc2O1.CCCCCCCCCCCCN=C(C(=O)[O-])C(=O)O.[Na+].[Na+]. The van der Waals surface area contributed by atoms with Crippen molar-refractivity contribution >= 4 is 25.5 Å². The number of benzene rings is 1. The molecule has 0 bridgehead atoms. The average molecular weight is 798 g/mol. The first-order valence-electron chi connectivity index (χ1n) is 20.1. The number of hydrogen-bond acceptors (Lipinski definition) is 8. The quantitative estimate of drug-likeness (QED) is 0.0447. The molecule has 0 saturated carbocycles. The third-order valence-corrected chi connectivity index (χ3v) is 10.4. The van der Waals surface area contributed by atoms with Gasteiger partial charge in [-0.15, -0.1) is 0 Å². The molecule has 0 radical (unpaired) electrons. The van der Waals surface area contributed by atoms with Crippen LogP contribution in [-0.2, 0) is 20.6 Å². The van der Waals surface area contributed by atoms with E-state index in [1.54, 1.807) is 12.1 Å². The number of rotatable bonds is 27. The summed E-state index contributed by atoms with van der Waals surface area (Å²) < 4.78 is 21.8. The molecule has 1 aliphatic rings. The maximum Gasteiger partial charge on any atom is 1.00 e. The van der Waals surface area contributed by atoms with Crippen molar-refractivity contribution in [3.05, 3.63) is 23.8 Å². The third-order valence-electron chi connectivity index (χ3n) is 9.98. The van der Waals surface area contributed by atoms with E-state index in [9.17, 15) is 24.2 Å². The number of phosphoric ester groups is 1. The molecule has 1 aromatic carbocycles. The van der Waals surface area contributed by atoms with E-state index in [2.05, 4.69) is 51.1 Å². The molecule has 10 nitrogen and oxygen atoms in total. The second kappa shape index (κ2) is 31.6. The van der Waals surface area contributed by atoms with Gasteiger partial charge in [0.25, 0.3) is 0 Å². The van der Waals surface area contributed by atoms with Crippen molar-refractivity contribution in [2.24, 2.45) is 22.7 Å². The number of unbranched alkanes of at least 4 members (excludes halogenated alkanes) is 9. The Hall–Kier alpha value is -0.420.